The number of fused-ring (bicyclic) bond motifs is 1. The number of hydrogen-bond acceptors (Lipinski definition) is 4. The summed E-state index contributed by atoms with van der Waals surface area (Å²) in [5.41, 5.74) is 3.45. The molecule has 37 heavy (non-hydrogen) atoms. The highest BCUT2D eigenvalue weighted by atomic mass is 16.5. The number of carbonyl (C=O) groups is 1. The van der Waals surface area contributed by atoms with Gasteiger partial charge >= 0.3 is 0 Å². The number of anilines is 1. The maximum Gasteiger partial charge on any atom is 0.172 e. The Morgan fingerprint density at radius 1 is 0.622 bits per heavy atom. The summed E-state index contributed by atoms with van der Waals surface area (Å²) < 4.78 is 11.1. The topological polar surface area (TPSA) is 47.6 Å². The first kappa shape index (κ1) is 24.1. The van der Waals surface area contributed by atoms with Crippen molar-refractivity contribution in [3.63, 3.8) is 0 Å². The van der Waals surface area contributed by atoms with E-state index in [0.717, 1.165) is 27.6 Å². The largest absolute Gasteiger partial charge is 0.493 e. The lowest BCUT2D eigenvalue weighted by Gasteiger charge is -2.30. The summed E-state index contributed by atoms with van der Waals surface area (Å²) in [4.78, 5) is 14.1. The molecule has 0 aliphatic heterocycles. The van der Waals surface area contributed by atoms with E-state index in [1.54, 1.807) is 14.2 Å². The maximum atomic E-state index is 14.1. The number of benzene rings is 5. The van der Waals surface area contributed by atoms with Crippen LogP contribution >= 0.6 is 0 Å². The fraction of sp³-hybridized carbons (Fsp3) is 0.121. The number of rotatable bonds is 9. The molecule has 5 rings (SSSR count). The van der Waals surface area contributed by atoms with E-state index >= 15 is 0 Å². The van der Waals surface area contributed by atoms with E-state index in [4.69, 9.17) is 9.47 Å². The molecule has 0 heterocycles. The zero-order chi connectivity index (χ0) is 25.6. The lowest BCUT2D eigenvalue weighted by molar-refractivity contribution is 0.0950. The predicted octanol–water partition coefficient (Wildman–Crippen LogP) is 7.68. The fourth-order valence-corrected chi connectivity index (χ4v) is 4.80. The van der Waals surface area contributed by atoms with Crippen molar-refractivity contribution < 1.29 is 14.3 Å². The van der Waals surface area contributed by atoms with E-state index in [1.165, 1.54) is 0 Å². The monoisotopic (exact) mass is 487 g/mol. The van der Waals surface area contributed by atoms with E-state index < -0.39 is 5.92 Å². The van der Waals surface area contributed by atoms with Crippen LogP contribution in [-0.2, 0) is 0 Å². The van der Waals surface area contributed by atoms with Crippen LogP contribution in [0, 0.1) is 0 Å². The summed E-state index contributed by atoms with van der Waals surface area (Å²) in [6, 6.07) is 39.4. The van der Waals surface area contributed by atoms with Crippen LogP contribution in [0.25, 0.3) is 10.8 Å². The van der Waals surface area contributed by atoms with Gasteiger partial charge in [0, 0.05) is 11.3 Å². The Bertz CT molecular complexity index is 1500. The van der Waals surface area contributed by atoms with Gasteiger partial charge in [0.2, 0.25) is 0 Å². The first-order chi connectivity index (χ1) is 18.2. The van der Waals surface area contributed by atoms with Gasteiger partial charge in [-0.3, -0.25) is 4.79 Å². The van der Waals surface area contributed by atoms with Crippen LogP contribution in [0.1, 0.15) is 33.4 Å². The highest BCUT2D eigenvalue weighted by molar-refractivity contribution is 6.02. The van der Waals surface area contributed by atoms with Crippen molar-refractivity contribution in [2.45, 2.75) is 12.0 Å². The van der Waals surface area contributed by atoms with Crippen LogP contribution < -0.4 is 14.8 Å². The molecule has 0 amide bonds. The van der Waals surface area contributed by atoms with E-state index in [0.29, 0.717) is 17.1 Å². The van der Waals surface area contributed by atoms with Crippen LogP contribution in [0.15, 0.2) is 121 Å². The molecular formula is C33H29NO3. The second-order valence-corrected chi connectivity index (χ2v) is 8.92. The Labute approximate surface area is 217 Å². The summed E-state index contributed by atoms with van der Waals surface area (Å²) in [6.45, 7) is 0. The minimum absolute atomic E-state index is 0.0416. The first-order valence-electron chi connectivity index (χ1n) is 12.3. The minimum Gasteiger partial charge on any atom is -0.493 e. The normalized spacial score (nSPS) is 12.5. The van der Waals surface area contributed by atoms with Crippen molar-refractivity contribution in [2.75, 3.05) is 19.5 Å². The summed E-state index contributed by atoms with van der Waals surface area (Å²) in [5.74, 6) is 0.804. The fourth-order valence-electron chi connectivity index (χ4n) is 4.80. The first-order valence-corrected chi connectivity index (χ1v) is 12.3. The van der Waals surface area contributed by atoms with E-state index in [1.807, 2.05) is 91.0 Å². The highest BCUT2D eigenvalue weighted by Gasteiger charge is 2.32. The third kappa shape index (κ3) is 5.19. The van der Waals surface area contributed by atoms with Gasteiger partial charge in [0.1, 0.15) is 0 Å². The highest BCUT2D eigenvalue weighted by Crippen LogP contribution is 2.40. The number of hydrogen-bond donors (Lipinski definition) is 1. The molecule has 0 aliphatic rings. The number of Topliss-reactive ketones (excluding diaryl/α,β-unsaturated/α-hetero) is 1. The summed E-state index contributed by atoms with van der Waals surface area (Å²) in [6.07, 6.45) is 0. The molecule has 4 nitrogen and oxygen atoms in total. The number of methoxy groups -OCH3 is 2. The predicted molar refractivity (Wildman–Crippen MR) is 150 cm³/mol. The van der Waals surface area contributed by atoms with Crippen LogP contribution in [0.4, 0.5) is 5.69 Å². The lowest BCUT2D eigenvalue weighted by atomic mass is 9.81. The molecular weight excluding hydrogens is 458 g/mol. The zero-order valence-electron chi connectivity index (χ0n) is 20.9. The van der Waals surface area contributed by atoms with Crippen LogP contribution in [0.5, 0.6) is 11.5 Å². The molecule has 2 atom stereocenters. The van der Waals surface area contributed by atoms with Gasteiger partial charge in [-0.2, -0.15) is 0 Å². The van der Waals surface area contributed by atoms with Gasteiger partial charge in [-0.1, -0.05) is 97.1 Å². The second kappa shape index (κ2) is 11.0. The van der Waals surface area contributed by atoms with Gasteiger partial charge in [0.25, 0.3) is 0 Å². The molecule has 0 saturated heterocycles. The summed E-state index contributed by atoms with van der Waals surface area (Å²) in [7, 11) is 3.24. The molecule has 0 radical (unpaired) electrons. The van der Waals surface area contributed by atoms with Crippen LogP contribution in [-0.4, -0.2) is 20.0 Å². The Kier molecular flexibility index (Phi) is 7.18. The zero-order valence-corrected chi connectivity index (χ0v) is 20.9. The third-order valence-corrected chi connectivity index (χ3v) is 6.67. The molecule has 1 N–H and O–H groups in total. The number of ether oxygens (including phenoxy) is 2. The summed E-state index contributed by atoms with van der Waals surface area (Å²) in [5, 5.41) is 6.00. The molecule has 2 unspecified atom stereocenters. The Morgan fingerprint density at radius 3 is 1.97 bits per heavy atom. The average Bonchev–Trinajstić information content (AvgIpc) is 2.97. The van der Waals surface area contributed by atoms with Crippen molar-refractivity contribution in [3.05, 3.63) is 138 Å². The van der Waals surface area contributed by atoms with E-state index in [9.17, 15) is 4.79 Å². The second-order valence-electron chi connectivity index (χ2n) is 8.92. The molecule has 4 heteroatoms. The number of nitrogens with one attached hydrogen (secondary N) is 1. The maximum absolute atomic E-state index is 14.1. The summed E-state index contributed by atoms with van der Waals surface area (Å²) >= 11 is 0. The van der Waals surface area contributed by atoms with E-state index in [2.05, 4.69) is 35.6 Å². The molecule has 184 valence electrons. The molecule has 0 aromatic heterocycles. The van der Waals surface area contributed by atoms with Gasteiger partial charge in [0.15, 0.2) is 17.3 Å². The van der Waals surface area contributed by atoms with Crippen molar-refractivity contribution >= 4 is 22.2 Å². The average molecular weight is 488 g/mol. The molecule has 5 aromatic rings. The molecule has 0 fully saturated rings. The smallest absolute Gasteiger partial charge is 0.172 e. The molecule has 5 aromatic carbocycles. The van der Waals surface area contributed by atoms with Gasteiger partial charge in [-0.25, -0.2) is 0 Å². The van der Waals surface area contributed by atoms with Gasteiger partial charge in [-0.15, -0.1) is 0 Å². The standard InChI is InChI=1S/C33H29NO3/c1-36-29-20-18-27(22-30(29)37-2)32(34-28-19-17-23-11-9-10-16-26(23)21-28)31(24-12-5-3-6-13-24)33(35)25-14-7-4-8-15-25/h3-22,31-32,34H,1-2H3. The minimum atomic E-state index is -0.492. The van der Waals surface area contributed by atoms with Gasteiger partial charge in [-0.05, 0) is 46.2 Å². The van der Waals surface area contributed by atoms with Crippen LogP contribution in [0.2, 0.25) is 0 Å². The van der Waals surface area contributed by atoms with Crippen molar-refractivity contribution in [2.24, 2.45) is 0 Å². The molecule has 0 saturated carbocycles. The Balaban J connectivity index is 1.67. The Hall–Kier alpha value is -4.57. The molecule has 0 bridgehead atoms. The SMILES string of the molecule is COc1ccc(C(Nc2ccc3ccccc3c2)C(C(=O)c2ccccc2)c2ccccc2)cc1OC. The van der Waals surface area contributed by atoms with Crippen molar-refractivity contribution in [1.29, 1.82) is 0 Å². The molecule has 0 aliphatic carbocycles. The van der Waals surface area contributed by atoms with Crippen LogP contribution in [0.3, 0.4) is 0 Å². The van der Waals surface area contributed by atoms with Crippen molar-refractivity contribution in [3.8, 4) is 11.5 Å². The van der Waals surface area contributed by atoms with Gasteiger partial charge < -0.3 is 14.8 Å². The number of ketones is 1. The van der Waals surface area contributed by atoms with Gasteiger partial charge in [0.05, 0.1) is 26.2 Å². The third-order valence-electron chi connectivity index (χ3n) is 6.67. The van der Waals surface area contributed by atoms with E-state index in [-0.39, 0.29) is 11.8 Å². The molecule has 0 spiro atoms. The Morgan fingerprint density at radius 2 is 1.27 bits per heavy atom. The number of carbonyl (C=O) groups excluding carboxylic acids is 1. The lowest BCUT2D eigenvalue weighted by Crippen LogP contribution is -2.26. The quantitative estimate of drug-likeness (QED) is 0.217. The van der Waals surface area contributed by atoms with Crippen molar-refractivity contribution in [1.82, 2.24) is 0 Å².